The molecule has 25 heavy (non-hydrogen) atoms. The molecular weight excluding hydrogens is 340 g/mol. The van der Waals surface area contributed by atoms with Crippen molar-refractivity contribution in [2.75, 3.05) is 31.1 Å². The Labute approximate surface area is 150 Å². The van der Waals surface area contributed by atoms with Gasteiger partial charge in [-0.05, 0) is 36.4 Å². The molecule has 4 rings (SSSR count). The van der Waals surface area contributed by atoms with E-state index in [0.717, 1.165) is 23.8 Å². The van der Waals surface area contributed by atoms with E-state index in [9.17, 15) is 4.79 Å². The number of nitrogens with zero attached hydrogens (tertiary/aromatic N) is 3. The minimum absolute atomic E-state index is 0.0650. The normalized spacial score (nSPS) is 14.8. The molecule has 1 N–H and O–H groups in total. The Hall–Kier alpha value is -2.73. The summed E-state index contributed by atoms with van der Waals surface area (Å²) >= 11 is 5.93. The third-order valence-corrected chi connectivity index (χ3v) is 4.59. The van der Waals surface area contributed by atoms with Crippen LogP contribution in [0.1, 0.15) is 10.5 Å². The molecule has 0 radical (unpaired) electrons. The lowest BCUT2D eigenvalue weighted by atomic mass is 10.2. The number of carbonyl (C=O) groups excluding carboxylic acids is 1. The van der Waals surface area contributed by atoms with Crippen molar-refractivity contribution in [2.24, 2.45) is 0 Å². The monoisotopic (exact) mass is 356 g/mol. The fourth-order valence-electron chi connectivity index (χ4n) is 2.97. The lowest BCUT2D eigenvalue weighted by Gasteiger charge is -2.35. The Kier molecular flexibility index (Phi) is 4.19. The summed E-state index contributed by atoms with van der Waals surface area (Å²) in [6.45, 7) is 2.88. The predicted octanol–water partition coefficient (Wildman–Crippen LogP) is 3.29. The van der Waals surface area contributed by atoms with E-state index in [1.807, 2.05) is 35.2 Å². The smallest absolute Gasteiger partial charge is 0.274 e. The van der Waals surface area contributed by atoms with Gasteiger partial charge in [-0.15, -0.1) is 0 Å². The van der Waals surface area contributed by atoms with Crippen LogP contribution in [0.5, 0.6) is 0 Å². The molecule has 1 aliphatic rings. The van der Waals surface area contributed by atoms with Gasteiger partial charge in [0, 0.05) is 43.0 Å². The van der Waals surface area contributed by atoms with Crippen LogP contribution >= 0.6 is 11.6 Å². The fraction of sp³-hybridized carbons (Fsp3) is 0.222. The average molecular weight is 357 g/mol. The first kappa shape index (κ1) is 15.8. The molecule has 1 aliphatic heterocycles. The number of hydrogen-bond donors (Lipinski definition) is 1. The third kappa shape index (κ3) is 3.25. The quantitative estimate of drug-likeness (QED) is 0.782. The van der Waals surface area contributed by atoms with Gasteiger partial charge in [0.15, 0.2) is 11.5 Å². The van der Waals surface area contributed by atoms with Crippen LogP contribution in [0.15, 0.2) is 53.1 Å². The summed E-state index contributed by atoms with van der Waals surface area (Å²) in [7, 11) is 0. The van der Waals surface area contributed by atoms with Crippen molar-refractivity contribution in [1.82, 2.24) is 15.1 Å². The number of aromatic nitrogens is 2. The Morgan fingerprint density at radius 2 is 1.88 bits per heavy atom. The highest BCUT2D eigenvalue weighted by Gasteiger charge is 2.24. The lowest BCUT2D eigenvalue weighted by molar-refractivity contribution is 0.0741. The zero-order valence-corrected chi connectivity index (χ0v) is 14.2. The van der Waals surface area contributed by atoms with Gasteiger partial charge in [0.05, 0.1) is 6.26 Å². The van der Waals surface area contributed by atoms with Gasteiger partial charge in [0.1, 0.15) is 5.69 Å². The number of aromatic amines is 1. The van der Waals surface area contributed by atoms with Gasteiger partial charge in [0.25, 0.3) is 5.91 Å². The van der Waals surface area contributed by atoms with Crippen LogP contribution in [0.3, 0.4) is 0 Å². The van der Waals surface area contributed by atoms with Crippen molar-refractivity contribution in [3.8, 4) is 11.5 Å². The molecule has 0 unspecified atom stereocenters. The van der Waals surface area contributed by atoms with E-state index in [1.54, 1.807) is 18.4 Å². The molecule has 1 saturated heterocycles. The molecule has 1 fully saturated rings. The van der Waals surface area contributed by atoms with Crippen LogP contribution in [-0.4, -0.2) is 47.2 Å². The number of halogens is 1. The number of nitrogens with one attached hydrogen (secondary N) is 1. The highest BCUT2D eigenvalue weighted by atomic mass is 35.5. The largest absolute Gasteiger partial charge is 0.463 e. The van der Waals surface area contributed by atoms with Gasteiger partial charge in [-0.3, -0.25) is 9.89 Å². The minimum atomic E-state index is -0.0650. The molecule has 0 spiro atoms. The SMILES string of the molecule is O=C(c1cc(-c2ccco2)[nH]n1)N1CCN(c2ccc(Cl)cc2)CC1. The number of amides is 1. The third-order valence-electron chi connectivity index (χ3n) is 4.34. The Morgan fingerprint density at radius 1 is 1.12 bits per heavy atom. The van der Waals surface area contributed by atoms with Crippen molar-refractivity contribution in [1.29, 1.82) is 0 Å². The van der Waals surface area contributed by atoms with Crippen molar-refractivity contribution in [2.45, 2.75) is 0 Å². The summed E-state index contributed by atoms with van der Waals surface area (Å²) in [5.41, 5.74) is 2.23. The molecule has 2 aromatic heterocycles. The summed E-state index contributed by atoms with van der Waals surface area (Å²) < 4.78 is 5.32. The van der Waals surface area contributed by atoms with Crippen molar-refractivity contribution < 1.29 is 9.21 Å². The first-order valence-corrected chi connectivity index (χ1v) is 8.47. The fourth-order valence-corrected chi connectivity index (χ4v) is 3.10. The van der Waals surface area contributed by atoms with E-state index in [2.05, 4.69) is 15.1 Å². The summed E-state index contributed by atoms with van der Waals surface area (Å²) in [4.78, 5) is 16.7. The van der Waals surface area contributed by atoms with Crippen LogP contribution in [0.2, 0.25) is 5.02 Å². The highest BCUT2D eigenvalue weighted by molar-refractivity contribution is 6.30. The second-order valence-electron chi connectivity index (χ2n) is 5.90. The van der Waals surface area contributed by atoms with E-state index >= 15 is 0 Å². The number of piperazine rings is 1. The zero-order valence-electron chi connectivity index (χ0n) is 13.5. The number of anilines is 1. The lowest BCUT2D eigenvalue weighted by Crippen LogP contribution is -2.48. The maximum Gasteiger partial charge on any atom is 0.274 e. The zero-order chi connectivity index (χ0) is 17.2. The predicted molar refractivity (Wildman–Crippen MR) is 95.9 cm³/mol. The van der Waals surface area contributed by atoms with Crippen molar-refractivity contribution in [3.63, 3.8) is 0 Å². The summed E-state index contributed by atoms with van der Waals surface area (Å²) in [5.74, 6) is 0.601. The maximum absolute atomic E-state index is 12.6. The molecule has 6 nitrogen and oxygen atoms in total. The number of benzene rings is 1. The molecule has 3 heterocycles. The van der Waals surface area contributed by atoms with E-state index < -0.39 is 0 Å². The molecule has 3 aromatic rings. The van der Waals surface area contributed by atoms with E-state index in [-0.39, 0.29) is 5.91 Å². The molecule has 0 bridgehead atoms. The number of hydrogen-bond acceptors (Lipinski definition) is 4. The van der Waals surface area contributed by atoms with Crippen LogP contribution in [0, 0.1) is 0 Å². The van der Waals surface area contributed by atoms with Crippen LogP contribution in [0.4, 0.5) is 5.69 Å². The van der Waals surface area contributed by atoms with Crippen LogP contribution in [0.25, 0.3) is 11.5 Å². The summed E-state index contributed by atoms with van der Waals surface area (Å²) in [6, 6.07) is 13.1. The van der Waals surface area contributed by atoms with E-state index in [1.165, 1.54) is 0 Å². The molecular formula is C18H17ClN4O2. The molecule has 0 atom stereocenters. The number of rotatable bonds is 3. The molecule has 7 heteroatoms. The minimum Gasteiger partial charge on any atom is -0.463 e. The molecule has 128 valence electrons. The molecule has 0 aliphatic carbocycles. The maximum atomic E-state index is 12.6. The Bertz CT molecular complexity index is 850. The van der Waals surface area contributed by atoms with Crippen LogP contribution in [-0.2, 0) is 0 Å². The van der Waals surface area contributed by atoms with Gasteiger partial charge in [-0.1, -0.05) is 11.6 Å². The van der Waals surface area contributed by atoms with Gasteiger partial charge in [-0.25, -0.2) is 0 Å². The summed E-state index contributed by atoms with van der Waals surface area (Å²) in [6.07, 6.45) is 1.59. The molecule has 1 aromatic carbocycles. The first-order valence-electron chi connectivity index (χ1n) is 8.10. The Balaban J connectivity index is 1.40. The van der Waals surface area contributed by atoms with Crippen molar-refractivity contribution >= 4 is 23.2 Å². The van der Waals surface area contributed by atoms with Gasteiger partial charge < -0.3 is 14.2 Å². The Morgan fingerprint density at radius 3 is 2.56 bits per heavy atom. The second-order valence-corrected chi connectivity index (χ2v) is 6.34. The molecule has 1 amide bonds. The summed E-state index contributed by atoms with van der Waals surface area (Å²) in [5, 5.41) is 7.71. The van der Waals surface area contributed by atoms with E-state index in [0.29, 0.717) is 30.2 Å². The van der Waals surface area contributed by atoms with Gasteiger partial charge >= 0.3 is 0 Å². The molecule has 0 saturated carbocycles. The number of carbonyl (C=O) groups is 1. The highest BCUT2D eigenvalue weighted by Crippen LogP contribution is 2.21. The topological polar surface area (TPSA) is 65.4 Å². The van der Waals surface area contributed by atoms with Crippen LogP contribution < -0.4 is 4.90 Å². The standard InChI is InChI=1S/C18H17ClN4O2/c19-13-3-5-14(6-4-13)22-7-9-23(10-8-22)18(24)16-12-15(20-21-16)17-2-1-11-25-17/h1-6,11-12H,7-10H2,(H,20,21). The first-order chi connectivity index (χ1) is 12.2. The van der Waals surface area contributed by atoms with Gasteiger partial charge in [0.2, 0.25) is 0 Å². The van der Waals surface area contributed by atoms with Gasteiger partial charge in [-0.2, -0.15) is 5.10 Å². The number of H-pyrrole nitrogens is 1. The average Bonchev–Trinajstić information content (AvgIpc) is 3.33. The van der Waals surface area contributed by atoms with Crippen molar-refractivity contribution in [3.05, 3.63) is 59.4 Å². The number of furan rings is 1. The van der Waals surface area contributed by atoms with E-state index in [4.69, 9.17) is 16.0 Å². The second kappa shape index (κ2) is 6.64.